The molecule has 9 nitrogen and oxygen atoms in total. The van der Waals surface area contributed by atoms with Crippen molar-refractivity contribution in [2.75, 3.05) is 12.4 Å². The highest BCUT2D eigenvalue weighted by Gasteiger charge is 2.44. The number of fused-ring (bicyclic) bond motifs is 1. The summed E-state index contributed by atoms with van der Waals surface area (Å²) in [6, 6.07) is 7.83. The SMILES string of the molecule is CCS(=O)(=O)c1cc(-c2ccc(OC(F)(F)C(F)F)cc2)cnc1-n1nc2ccc(OCC(F)(F)F)cn2c1=O. The standard InChI is InChI=1S/C23H17F7N4O5S/c1-2-40(36,37)17-9-14(13-3-5-15(6-4-13)39-23(29,30)20(24)25)10-31-19(17)34-21(35)33-11-16(7-8-18(33)32-34)38-12-22(26,27)28/h3-11,20H,2,12H2,1H3. The number of sulfone groups is 1. The molecule has 0 aliphatic heterocycles. The van der Waals surface area contributed by atoms with Crippen LogP contribution in [0.3, 0.4) is 0 Å². The summed E-state index contributed by atoms with van der Waals surface area (Å²) in [5, 5.41) is 4.02. The van der Waals surface area contributed by atoms with Gasteiger partial charge in [0, 0.05) is 11.8 Å². The van der Waals surface area contributed by atoms with Crippen LogP contribution in [0.5, 0.6) is 11.5 Å². The zero-order chi connectivity index (χ0) is 29.5. The van der Waals surface area contributed by atoms with E-state index in [-0.39, 0.29) is 22.5 Å². The Hall–Kier alpha value is -4.15. The molecule has 0 aliphatic carbocycles. The van der Waals surface area contributed by atoms with Crippen molar-refractivity contribution in [2.45, 2.75) is 30.5 Å². The van der Waals surface area contributed by atoms with Crippen LogP contribution in [0.25, 0.3) is 22.6 Å². The number of rotatable bonds is 9. The third kappa shape index (κ3) is 6.03. The lowest BCUT2D eigenvalue weighted by Gasteiger charge is -2.17. The fourth-order valence-corrected chi connectivity index (χ4v) is 4.43. The second-order valence-corrected chi connectivity index (χ2v) is 10.4. The quantitative estimate of drug-likeness (QED) is 0.263. The van der Waals surface area contributed by atoms with Gasteiger partial charge >= 0.3 is 24.4 Å². The number of aromatic nitrogens is 4. The minimum absolute atomic E-state index is 0.0498. The van der Waals surface area contributed by atoms with Crippen molar-refractivity contribution in [2.24, 2.45) is 0 Å². The van der Waals surface area contributed by atoms with Gasteiger partial charge in [-0.3, -0.25) is 0 Å². The van der Waals surface area contributed by atoms with Crippen LogP contribution >= 0.6 is 0 Å². The van der Waals surface area contributed by atoms with E-state index < -0.39 is 63.1 Å². The van der Waals surface area contributed by atoms with Crippen molar-refractivity contribution in [3.8, 4) is 28.4 Å². The highest BCUT2D eigenvalue weighted by Crippen LogP contribution is 2.31. The average molecular weight is 594 g/mol. The Morgan fingerprint density at radius 1 is 0.975 bits per heavy atom. The molecule has 4 aromatic rings. The number of ether oxygens (including phenoxy) is 2. The maximum absolute atomic E-state index is 13.2. The summed E-state index contributed by atoms with van der Waals surface area (Å²) in [7, 11) is -4.06. The summed E-state index contributed by atoms with van der Waals surface area (Å²) in [6.07, 6.45) is -11.3. The van der Waals surface area contributed by atoms with Crippen molar-refractivity contribution in [1.29, 1.82) is 0 Å². The van der Waals surface area contributed by atoms with Crippen LogP contribution < -0.4 is 15.2 Å². The Morgan fingerprint density at radius 2 is 1.62 bits per heavy atom. The van der Waals surface area contributed by atoms with E-state index in [9.17, 15) is 43.9 Å². The molecule has 0 aliphatic rings. The molecule has 0 unspecified atom stereocenters. The fourth-order valence-electron chi connectivity index (χ4n) is 3.40. The van der Waals surface area contributed by atoms with E-state index >= 15 is 0 Å². The van der Waals surface area contributed by atoms with Crippen LogP contribution in [0.1, 0.15) is 6.92 Å². The number of hydrogen-bond acceptors (Lipinski definition) is 7. The number of alkyl halides is 7. The van der Waals surface area contributed by atoms with E-state index in [1.165, 1.54) is 25.1 Å². The molecule has 0 radical (unpaired) electrons. The van der Waals surface area contributed by atoms with E-state index in [1.807, 2.05) is 0 Å². The van der Waals surface area contributed by atoms with E-state index in [1.54, 1.807) is 0 Å². The smallest absolute Gasteiger partial charge is 0.461 e. The number of benzene rings is 1. The predicted molar refractivity (Wildman–Crippen MR) is 125 cm³/mol. The molecule has 3 aromatic heterocycles. The molecule has 0 saturated carbocycles. The van der Waals surface area contributed by atoms with Crippen molar-refractivity contribution in [3.63, 3.8) is 0 Å². The van der Waals surface area contributed by atoms with Gasteiger partial charge in [0.2, 0.25) is 0 Å². The molecule has 0 amide bonds. The topological polar surface area (TPSA) is 105 Å². The van der Waals surface area contributed by atoms with Crippen molar-refractivity contribution < 1.29 is 48.6 Å². The summed E-state index contributed by atoms with van der Waals surface area (Å²) in [6.45, 7) is -0.275. The van der Waals surface area contributed by atoms with Crippen molar-refractivity contribution in [1.82, 2.24) is 19.2 Å². The molecule has 0 spiro atoms. The highest BCUT2D eigenvalue weighted by molar-refractivity contribution is 7.91. The van der Waals surface area contributed by atoms with Gasteiger partial charge < -0.3 is 9.47 Å². The van der Waals surface area contributed by atoms with E-state index in [2.05, 4.69) is 19.6 Å². The van der Waals surface area contributed by atoms with Crippen molar-refractivity contribution in [3.05, 3.63) is 65.3 Å². The third-order valence-corrected chi connectivity index (χ3v) is 7.07. The third-order valence-electron chi connectivity index (χ3n) is 5.34. The molecule has 0 fully saturated rings. The monoisotopic (exact) mass is 594 g/mol. The largest absolute Gasteiger partial charge is 0.483 e. The van der Waals surface area contributed by atoms with Gasteiger partial charge in [0.15, 0.2) is 27.9 Å². The van der Waals surface area contributed by atoms with Crippen LogP contribution in [0.15, 0.2) is 64.5 Å². The van der Waals surface area contributed by atoms with Gasteiger partial charge in [0.1, 0.15) is 16.4 Å². The molecule has 3 heterocycles. The van der Waals surface area contributed by atoms with E-state index in [4.69, 9.17) is 0 Å². The van der Waals surface area contributed by atoms with E-state index in [0.717, 1.165) is 41.1 Å². The number of halogens is 7. The molecule has 0 bridgehead atoms. The Morgan fingerprint density at radius 3 is 2.23 bits per heavy atom. The summed E-state index contributed by atoms with van der Waals surface area (Å²) >= 11 is 0. The van der Waals surface area contributed by atoms with E-state index in [0.29, 0.717) is 4.68 Å². The molecule has 40 heavy (non-hydrogen) atoms. The number of nitrogens with zero attached hydrogens (tertiary/aromatic N) is 4. The van der Waals surface area contributed by atoms with Crippen molar-refractivity contribution >= 4 is 15.5 Å². The molecule has 4 rings (SSSR count). The minimum atomic E-state index is -4.72. The second kappa shape index (κ2) is 10.4. The first-order chi connectivity index (χ1) is 18.6. The summed E-state index contributed by atoms with van der Waals surface area (Å²) in [5.74, 6) is -1.70. The molecule has 0 saturated heterocycles. The van der Waals surface area contributed by atoms with Crippen LogP contribution in [-0.4, -0.2) is 58.7 Å². The highest BCUT2D eigenvalue weighted by atomic mass is 32.2. The molecule has 1 aromatic carbocycles. The first-order valence-electron chi connectivity index (χ1n) is 11.1. The summed E-state index contributed by atoms with van der Waals surface area (Å²) in [5.41, 5.74) is -0.608. The number of hydrogen-bond donors (Lipinski definition) is 0. The summed E-state index contributed by atoms with van der Waals surface area (Å²) < 4.78 is 125. The number of pyridine rings is 2. The van der Waals surface area contributed by atoms with Gasteiger partial charge in [-0.05, 0) is 35.9 Å². The molecular formula is C23H17F7N4O5S. The van der Waals surface area contributed by atoms with Gasteiger partial charge in [-0.2, -0.15) is 35.4 Å². The van der Waals surface area contributed by atoms with Gasteiger partial charge in [0.25, 0.3) is 0 Å². The molecule has 17 heteroatoms. The predicted octanol–water partition coefficient (Wildman–Crippen LogP) is 4.52. The van der Waals surface area contributed by atoms with Gasteiger partial charge in [-0.15, -0.1) is 5.10 Å². The van der Waals surface area contributed by atoms with Gasteiger partial charge in [-0.1, -0.05) is 19.1 Å². The lowest BCUT2D eigenvalue weighted by Crippen LogP contribution is -2.33. The maximum Gasteiger partial charge on any atom is 0.461 e. The molecular weight excluding hydrogens is 577 g/mol. The molecule has 0 N–H and O–H groups in total. The first kappa shape index (κ1) is 28.8. The van der Waals surface area contributed by atoms with Crippen LogP contribution in [0.4, 0.5) is 30.7 Å². The Labute approximate surface area is 220 Å². The summed E-state index contributed by atoms with van der Waals surface area (Å²) in [4.78, 5) is 16.7. The van der Waals surface area contributed by atoms with Gasteiger partial charge in [0.05, 0.1) is 11.9 Å². The Kier molecular flexibility index (Phi) is 7.53. The average Bonchev–Trinajstić information content (AvgIpc) is 3.22. The minimum Gasteiger partial charge on any atom is -0.483 e. The zero-order valence-electron chi connectivity index (χ0n) is 20.1. The fraction of sp³-hybridized carbons (Fsp3) is 0.261. The first-order valence-corrected chi connectivity index (χ1v) is 12.8. The molecule has 214 valence electrons. The van der Waals surface area contributed by atoms with Crippen LogP contribution in [0.2, 0.25) is 0 Å². The van der Waals surface area contributed by atoms with Gasteiger partial charge in [-0.25, -0.2) is 22.6 Å². The Bertz CT molecular complexity index is 1700. The zero-order valence-corrected chi connectivity index (χ0v) is 20.9. The normalized spacial score (nSPS) is 12.7. The molecule has 0 atom stereocenters. The van der Waals surface area contributed by atoms with Crippen LogP contribution in [-0.2, 0) is 9.84 Å². The Balaban J connectivity index is 1.75. The van der Waals surface area contributed by atoms with Crippen LogP contribution in [0, 0.1) is 0 Å². The second-order valence-electron chi connectivity index (χ2n) is 8.13. The lowest BCUT2D eigenvalue weighted by molar-refractivity contribution is -0.253. The maximum atomic E-state index is 13.2. The lowest BCUT2D eigenvalue weighted by atomic mass is 10.1.